The van der Waals surface area contributed by atoms with E-state index in [4.69, 9.17) is 0 Å². The minimum absolute atomic E-state index is 0.342. The van der Waals surface area contributed by atoms with Crippen molar-refractivity contribution in [2.45, 2.75) is 6.54 Å². The number of anilines is 4. The number of nitrogens with one attached hydrogen (secondary N) is 1. The molecule has 1 aromatic heterocycles. The molecule has 0 atom stereocenters. The van der Waals surface area contributed by atoms with Gasteiger partial charge in [-0.25, -0.2) is 9.37 Å². The maximum Gasteiger partial charge on any atom is 0.229 e. The monoisotopic (exact) mass is 370 g/mol. The van der Waals surface area contributed by atoms with Crippen molar-refractivity contribution in [3.63, 3.8) is 0 Å². The van der Waals surface area contributed by atoms with Gasteiger partial charge in [-0.2, -0.15) is 4.98 Å². The Labute approximate surface area is 163 Å². The Morgan fingerprint density at radius 2 is 1.46 bits per heavy atom. The quantitative estimate of drug-likeness (QED) is 0.473. The first-order valence-corrected chi connectivity index (χ1v) is 9.01. The summed E-state index contributed by atoms with van der Waals surface area (Å²) < 4.78 is 14.0. The smallest absolute Gasteiger partial charge is 0.229 e. The molecule has 4 aromatic rings. The highest BCUT2D eigenvalue weighted by Crippen LogP contribution is 2.27. The van der Waals surface area contributed by atoms with Crippen LogP contribution >= 0.6 is 0 Å². The van der Waals surface area contributed by atoms with E-state index in [0.29, 0.717) is 18.2 Å². The molecular formula is C23H19FN4. The first kappa shape index (κ1) is 17.7. The molecule has 0 bridgehead atoms. The van der Waals surface area contributed by atoms with E-state index in [1.54, 1.807) is 24.4 Å². The standard InChI is InChI=1S/C23H19FN4/c24-20-13-7-8-14-21(20)26-23-25-16-15-22(27-23)28(19-11-5-2-6-12-19)17-18-9-3-1-4-10-18/h1-16H,17H2,(H,25,26,27). The van der Waals surface area contributed by atoms with Gasteiger partial charge in [0.05, 0.1) is 5.69 Å². The number of hydrogen-bond donors (Lipinski definition) is 1. The number of para-hydroxylation sites is 2. The molecule has 0 amide bonds. The van der Waals surface area contributed by atoms with Crippen molar-refractivity contribution in [3.05, 3.63) is 109 Å². The van der Waals surface area contributed by atoms with Crippen LogP contribution in [0.25, 0.3) is 0 Å². The lowest BCUT2D eigenvalue weighted by atomic mass is 10.2. The molecule has 138 valence electrons. The van der Waals surface area contributed by atoms with E-state index in [2.05, 4.69) is 32.3 Å². The van der Waals surface area contributed by atoms with E-state index in [1.165, 1.54) is 6.07 Å². The van der Waals surface area contributed by atoms with Gasteiger partial charge in [0.1, 0.15) is 11.6 Å². The fourth-order valence-corrected chi connectivity index (χ4v) is 2.92. The Bertz CT molecular complexity index is 1040. The summed E-state index contributed by atoms with van der Waals surface area (Å²) in [4.78, 5) is 11.0. The van der Waals surface area contributed by atoms with E-state index in [9.17, 15) is 4.39 Å². The molecule has 5 heteroatoms. The van der Waals surface area contributed by atoms with E-state index in [1.807, 2.05) is 54.6 Å². The first-order valence-electron chi connectivity index (χ1n) is 9.01. The maximum absolute atomic E-state index is 14.0. The van der Waals surface area contributed by atoms with Crippen LogP contribution in [0, 0.1) is 5.82 Å². The zero-order valence-corrected chi connectivity index (χ0v) is 15.2. The number of nitrogens with zero attached hydrogens (tertiary/aromatic N) is 3. The van der Waals surface area contributed by atoms with Crippen molar-refractivity contribution in [1.82, 2.24) is 9.97 Å². The zero-order chi connectivity index (χ0) is 19.2. The molecule has 0 radical (unpaired) electrons. The first-order chi connectivity index (χ1) is 13.8. The average molecular weight is 370 g/mol. The van der Waals surface area contributed by atoms with Crippen molar-refractivity contribution in [2.75, 3.05) is 10.2 Å². The summed E-state index contributed by atoms with van der Waals surface area (Å²) in [5.41, 5.74) is 2.52. The van der Waals surface area contributed by atoms with E-state index in [-0.39, 0.29) is 5.82 Å². The van der Waals surface area contributed by atoms with Crippen molar-refractivity contribution in [3.8, 4) is 0 Å². The van der Waals surface area contributed by atoms with Gasteiger partial charge in [-0.15, -0.1) is 0 Å². The Kier molecular flexibility index (Phi) is 5.24. The molecule has 0 saturated heterocycles. The molecule has 4 rings (SSSR count). The van der Waals surface area contributed by atoms with Gasteiger partial charge in [0.2, 0.25) is 5.95 Å². The molecule has 0 aliphatic heterocycles. The van der Waals surface area contributed by atoms with Crippen LogP contribution < -0.4 is 10.2 Å². The molecule has 4 nitrogen and oxygen atoms in total. The summed E-state index contributed by atoms with van der Waals surface area (Å²) in [5.74, 6) is 0.723. The molecule has 1 N–H and O–H groups in total. The second-order valence-electron chi connectivity index (χ2n) is 6.25. The minimum atomic E-state index is -0.347. The summed E-state index contributed by atoms with van der Waals surface area (Å²) >= 11 is 0. The van der Waals surface area contributed by atoms with Gasteiger partial charge in [0.15, 0.2) is 0 Å². The van der Waals surface area contributed by atoms with Crippen molar-refractivity contribution in [1.29, 1.82) is 0 Å². The van der Waals surface area contributed by atoms with Gasteiger partial charge in [0, 0.05) is 18.4 Å². The van der Waals surface area contributed by atoms with Gasteiger partial charge in [-0.1, -0.05) is 60.7 Å². The van der Waals surface area contributed by atoms with Crippen LogP contribution in [-0.2, 0) is 6.54 Å². The molecular weight excluding hydrogens is 351 g/mol. The topological polar surface area (TPSA) is 41.1 Å². The second kappa shape index (κ2) is 8.31. The van der Waals surface area contributed by atoms with Gasteiger partial charge < -0.3 is 10.2 Å². The van der Waals surface area contributed by atoms with Crippen LogP contribution in [0.1, 0.15) is 5.56 Å². The van der Waals surface area contributed by atoms with E-state index < -0.39 is 0 Å². The Hall–Kier alpha value is -3.73. The summed E-state index contributed by atoms with van der Waals surface area (Å²) in [5, 5.41) is 2.96. The molecule has 0 fully saturated rings. The van der Waals surface area contributed by atoms with Gasteiger partial charge in [-0.3, -0.25) is 0 Å². The summed E-state index contributed by atoms with van der Waals surface area (Å²) in [6, 6.07) is 28.6. The van der Waals surface area contributed by atoms with Crippen LogP contribution in [0.3, 0.4) is 0 Å². The number of aromatic nitrogens is 2. The Balaban J connectivity index is 1.67. The van der Waals surface area contributed by atoms with Crippen LogP contribution in [0.15, 0.2) is 97.2 Å². The highest BCUT2D eigenvalue weighted by atomic mass is 19.1. The third-order valence-electron chi connectivity index (χ3n) is 4.29. The normalized spacial score (nSPS) is 10.5. The molecule has 0 spiro atoms. The summed E-state index contributed by atoms with van der Waals surface area (Å²) in [6.07, 6.45) is 1.67. The van der Waals surface area contributed by atoms with Crippen molar-refractivity contribution in [2.24, 2.45) is 0 Å². The number of benzene rings is 3. The second-order valence-corrected chi connectivity index (χ2v) is 6.25. The molecule has 0 aliphatic rings. The maximum atomic E-state index is 14.0. The lowest BCUT2D eigenvalue weighted by Crippen LogP contribution is -2.18. The van der Waals surface area contributed by atoms with Crippen LogP contribution in [0.4, 0.5) is 27.5 Å². The third kappa shape index (κ3) is 4.15. The predicted octanol–water partition coefficient (Wildman–Crippen LogP) is 5.70. The minimum Gasteiger partial charge on any atom is -0.322 e. The van der Waals surface area contributed by atoms with Crippen molar-refractivity contribution >= 4 is 23.1 Å². The van der Waals surface area contributed by atoms with Crippen molar-refractivity contribution < 1.29 is 4.39 Å². The molecule has 0 aliphatic carbocycles. The van der Waals surface area contributed by atoms with Gasteiger partial charge in [0.25, 0.3) is 0 Å². The molecule has 1 heterocycles. The average Bonchev–Trinajstić information content (AvgIpc) is 2.75. The molecule has 0 saturated carbocycles. The lowest BCUT2D eigenvalue weighted by Gasteiger charge is -2.24. The molecule has 28 heavy (non-hydrogen) atoms. The van der Waals surface area contributed by atoms with Crippen LogP contribution in [-0.4, -0.2) is 9.97 Å². The number of hydrogen-bond acceptors (Lipinski definition) is 4. The highest BCUT2D eigenvalue weighted by molar-refractivity contribution is 5.62. The molecule has 3 aromatic carbocycles. The number of rotatable bonds is 6. The number of halogens is 1. The molecule has 0 unspecified atom stereocenters. The van der Waals surface area contributed by atoms with Crippen LogP contribution in [0.2, 0.25) is 0 Å². The van der Waals surface area contributed by atoms with Gasteiger partial charge >= 0.3 is 0 Å². The SMILES string of the molecule is Fc1ccccc1Nc1nccc(N(Cc2ccccc2)c2ccccc2)n1. The Morgan fingerprint density at radius 3 is 2.21 bits per heavy atom. The lowest BCUT2D eigenvalue weighted by molar-refractivity contribution is 0.631. The Morgan fingerprint density at radius 1 is 0.786 bits per heavy atom. The predicted molar refractivity (Wildman–Crippen MR) is 110 cm³/mol. The fraction of sp³-hybridized carbons (Fsp3) is 0.0435. The summed E-state index contributed by atoms with van der Waals surface area (Å²) in [6.45, 7) is 0.654. The highest BCUT2D eigenvalue weighted by Gasteiger charge is 2.13. The van der Waals surface area contributed by atoms with E-state index >= 15 is 0 Å². The van der Waals surface area contributed by atoms with E-state index in [0.717, 1.165) is 17.1 Å². The van der Waals surface area contributed by atoms with Crippen LogP contribution in [0.5, 0.6) is 0 Å². The third-order valence-corrected chi connectivity index (χ3v) is 4.29. The fourth-order valence-electron chi connectivity index (χ4n) is 2.92. The zero-order valence-electron chi connectivity index (χ0n) is 15.2. The largest absolute Gasteiger partial charge is 0.322 e. The summed E-state index contributed by atoms with van der Waals surface area (Å²) in [7, 11) is 0. The van der Waals surface area contributed by atoms with Gasteiger partial charge in [-0.05, 0) is 35.9 Å².